The summed E-state index contributed by atoms with van der Waals surface area (Å²) >= 11 is 0. The number of benzene rings is 1. The third kappa shape index (κ3) is 3.78. The number of hydrogen-bond donors (Lipinski definition) is 0. The Morgan fingerprint density at radius 3 is 2.53 bits per heavy atom. The third-order valence-electron chi connectivity index (χ3n) is 6.42. The minimum absolute atomic E-state index is 0.168. The van der Waals surface area contributed by atoms with Crippen LogP contribution in [-0.2, 0) is 6.54 Å². The van der Waals surface area contributed by atoms with Gasteiger partial charge < -0.3 is 14.5 Å². The molecule has 1 aromatic heterocycles. The van der Waals surface area contributed by atoms with Crippen molar-refractivity contribution in [3.8, 4) is 5.75 Å². The predicted octanol–water partition coefficient (Wildman–Crippen LogP) is 1.56. The molecule has 3 aliphatic rings. The van der Waals surface area contributed by atoms with Crippen molar-refractivity contribution in [1.29, 1.82) is 0 Å². The summed E-state index contributed by atoms with van der Waals surface area (Å²) in [6, 6.07) is 7.64. The molecule has 1 fully saturated rings. The fraction of sp³-hybridized carbons (Fsp3) is 0.435. The molecule has 0 saturated carbocycles. The van der Waals surface area contributed by atoms with Gasteiger partial charge in [-0.25, -0.2) is 9.78 Å². The molecule has 0 radical (unpaired) electrons. The van der Waals surface area contributed by atoms with E-state index < -0.39 is 0 Å². The maximum Gasteiger partial charge on any atom is 0.348 e. The first kappa shape index (κ1) is 20.7. The molecular formula is C23H29N7O2. The first-order valence-corrected chi connectivity index (χ1v) is 10.9. The lowest BCUT2D eigenvalue weighted by molar-refractivity contribution is 0.127. The van der Waals surface area contributed by atoms with Crippen LogP contribution in [0.5, 0.6) is 5.75 Å². The highest BCUT2D eigenvalue weighted by molar-refractivity contribution is 5.87. The van der Waals surface area contributed by atoms with Gasteiger partial charge in [-0.05, 0) is 36.4 Å². The van der Waals surface area contributed by atoms with Crippen molar-refractivity contribution >= 4 is 11.6 Å². The van der Waals surface area contributed by atoms with Gasteiger partial charge in [0.25, 0.3) is 0 Å². The molecule has 4 heterocycles. The van der Waals surface area contributed by atoms with Crippen molar-refractivity contribution in [3.05, 3.63) is 59.8 Å². The molecule has 0 bridgehead atoms. The summed E-state index contributed by atoms with van der Waals surface area (Å²) in [5.74, 6) is 1.42. The molecule has 3 aliphatic heterocycles. The van der Waals surface area contributed by atoms with Gasteiger partial charge in [-0.15, -0.1) is 0 Å². The molecule has 9 nitrogen and oxygen atoms in total. The van der Waals surface area contributed by atoms with Crippen LogP contribution in [0.15, 0.2) is 48.4 Å². The zero-order chi connectivity index (χ0) is 22.2. The van der Waals surface area contributed by atoms with Crippen LogP contribution in [0.1, 0.15) is 11.4 Å². The predicted molar refractivity (Wildman–Crippen MR) is 121 cm³/mol. The maximum atomic E-state index is 13.3. The minimum atomic E-state index is -0.224. The number of amides is 1. The standard InChI is InChI=1S/C23H29N7O2/c1-26-8-10-28(11-9-26)14-18-12-20-21-24-16-25-30(21)23(31)29(22(20)27(2)13-18)15-17-4-6-19(32-3)7-5-17/h4-7,12-13,16,22H,8-11,14-15H2,1-3H3. The molecule has 32 heavy (non-hydrogen) atoms. The topological polar surface area (TPSA) is 70.0 Å². The van der Waals surface area contributed by atoms with Gasteiger partial charge in [0.1, 0.15) is 18.2 Å². The van der Waals surface area contributed by atoms with Crippen molar-refractivity contribution in [3.63, 3.8) is 0 Å². The number of carbonyl (C=O) groups excluding carboxylic acids is 1. The minimum Gasteiger partial charge on any atom is -0.497 e. The van der Waals surface area contributed by atoms with Crippen molar-refractivity contribution in [2.75, 3.05) is 53.9 Å². The highest BCUT2D eigenvalue weighted by Crippen LogP contribution is 2.34. The maximum absolute atomic E-state index is 13.3. The van der Waals surface area contributed by atoms with Crippen LogP contribution >= 0.6 is 0 Å². The highest BCUT2D eigenvalue weighted by atomic mass is 16.5. The molecular weight excluding hydrogens is 406 g/mol. The van der Waals surface area contributed by atoms with Gasteiger partial charge in [-0.2, -0.15) is 9.78 Å². The SMILES string of the molecule is COc1ccc(CN2C(=O)n3ncnc3C3=CC(CN4CCN(C)CC4)=CN(C)C32)cc1. The summed E-state index contributed by atoms with van der Waals surface area (Å²) in [4.78, 5) is 26.5. The van der Waals surface area contributed by atoms with E-state index in [0.29, 0.717) is 12.4 Å². The lowest BCUT2D eigenvalue weighted by atomic mass is 10.00. The first-order chi connectivity index (χ1) is 15.5. The number of rotatable bonds is 5. The summed E-state index contributed by atoms with van der Waals surface area (Å²) < 4.78 is 6.68. The Kier molecular flexibility index (Phi) is 5.44. The van der Waals surface area contributed by atoms with E-state index >= 15 is 0 Å². The molecule has 0 N–H and O–H groups in total. The van der Waals surface area contributed by atoms with Gasteiger partial charge in [0.15, 0.2) is 5.82 Å². The number of nitrogens with zero attached hydrogens (tertiary/aromatic N) is 7. The first-order valence-electron chi connectivity index (χ1n) is 10.9. The second-order valence-corrected chi connectivity index (χ2v) is 8.68. The Hall–Kier alpha value is -3.17. The van der Waals surface area contributed by atoms with Crippen LogP contribution in [0, 0.1) is 0 Å². The van der Waals surface area contributed by atoms with Crippen LogP contribution < -0.4 is 4.74 Å². The van der Waals surface area contributed by atoms with Gasteiger partial charge >= 0.3 is 6.03 Å². The smallest absolute Gasteiger partial charge is 0.348 e. The van der Waals surface area contributed by atoms with Gasteiger partial charge in [0.2, 0.25) is 0 Å². The number of ether oxygens (including phenoxy) is 1. The van der Waals surface area contributed by atoms with E-state index in [-0.39, 0.29) is 12.2 Å². The number of piperazine rings is 1. The molecule has 0 aliphatic carbocycles. The fourth-order valence-corrected chi connectivity index (χ4v) is 4.67. The Morgan fingerprint density at radius 1 is 1.06 bits per heavy atom. The van der Waals surface area contributed by atoms with Gasteiger partial charge in [0.05, 0.1) is 7.11 Å². The second-order valence-electron chi connectivity index (χ2n) is 8.68. The van der Waals surface area contributed by atoms with Crippen LogP contribution in [0.4, 0.5) is 4.79 Å². The fourth-order valence-electron chi connectivity index (χ4n) is 4.67. The summed E-state index contributed by atoms with van der Waals surface area (Å²) in [7, 11) is 5.85. The van der Waals surface area contributed by atoms with E-state index in [1.807, 2.05) is 36.2 Å². The molecule has 1 amide bonds. The molecule has 0 spiro atoms. The number of methoxy groups -OCH3 is 1. The number of likely N-dealkylation sites (N-methyl/N-ethyl adjacent to an activating group) is 2. The van der Waals surface area contributed by atoms with Crippen molar-refractivity contribution in [1.82, 2.24) is 34.4 Å². The Morgan fingerprint density at radius 2 is 1.81 bits per heavy atom. The quantitative estimate of drug-likeness (QED) is 0.706. The van der Waals surface area contributed by atoms with Crippen LogP contribution in [0.25, 0.3) is 5.57 Å². The van der Waals surface area contributed by atoms with E-state index in [2.05, 4.69) is 44.1 Å². The monoisotopic (exact) mass is 435 g/mol. The zero-order valence-electron chi connectivity index (χ0n) is 18.8. The van der Waals surface area contributed by atoms with Gasteiger partial charge in [-0.1, -0.05) is 12.1 Å². The van der Waals surface area contributed by atoms with E-state index in [9.17, 15) is 4.79 Å². The Balaban J connectivity index is 1.43. The van der Waals surface area contributed by atoms with E-state index in [0.717, 1.165) is 49.6 Å². The van der Waals surface area contributed by atoms with Crippen molar-refractivity contribution < 1.29 is 9.53 Å². The average Bonchev–Trinajstić information content (AvgIpc) is 3.29. The molecule has 1 saturated heterocycles. The molecule has 5 rings (SSSR count). The molecule has 2 aromatic rings. The van der Waals surface area contributed by atoms with Crippen LogP contribution in [0.3, 0.4) is 0 Å². The zero-order valence-corrected chi connectivity index (χ0v) is 18.8. The highest BCUT2D eigenvalue weighted by Gasteiger charge is 2.41. The summed E-state index contributed by atoms with van der Waals surface area (Å²) in [6.45, 7) is 5.64. The van der Waals surface area contributed by atoms with Gasteiger partial charge in [0, 0.05) is 58.1 Å². The molecule has 1 unspecified atom stereocenters. The summed E-state index contributed by atoms with van der Waals surface area (Å²) in [5, 5.41) is 4.22. The second kappa shape index (κ2) is 8.40. The summed E-state index contributed by atoms with van der Waals surface area (Å²) in [6.07, 6.45) is 5.59. The average molecular weight is 436 g/mol. The largest absolute Gasteiger partial charge is 0.497 e. The Labute approximate surface area is 188 Å². The molecule has 1 aromatic carbocycles. The number of hydrogen-bond acceptors (Lipinski definition) is 7. The third-order valence-corrected chi connectivity index (χ3v) is 6.42. The number of aromatic nitrogens is 3. The lowest BCUT2D eigenvalue weighted by Crippen LogP contribution is -2.54. The molecule has 1 atom stereocenters. The Bertz CT molecular complexity index is 1050. The van der Waals surface area contributed by atoms with Gasteiger partial charge in [-0.3, -0.25) is 9.80 Å². The van der Waals surface area contributed by atoms with Crippen molar-refractivity contribution in [2.24, 2.45) is 0 Å². The number of carbonyl (C=O) groups is 1. The van der Waals surface area contributed by atoms with E-state index in [1.54, 1.807) is 7.11 Å². The summed E-state index contributed by atoms with van der Waals surface area (Å²) in [5.41, 5.74) is 3.25. The van der Waals surface area contributed by atoms with Crippen molar-refractivity contribution in [2.45, 2.75) is 12.7 Å². The van der Waals surface area contributed by atoms with E-state index in [1.165, 1.54) is 16.6 Å². The molecule has 9 heteroatoms. The van der Waals surface area contributed by atoms with E-state index in [4.69, 9.17) is 4.74 Å². The lowest BCUT2D eigenvalue weighted by Gasteiger charge is -2.43. The normalized spacial score (nSPS) is 21.7. The number of fused-ring (bicyclic) bond motifs is 3. The molecule has 168 valence electrons. The van der Waals surface area contributed by atoms with Crippen LogP contribution in [-0.4, -0.2) is 100 Å². The van der Waals surface area contributed by atoms with Crippen LogP contribution in [0.2, 0.25) is 0 Å².